The van der Waals surface area contributed by atoms with Gasteiger partial charge in [0.2, 0.25) is 11.8 Å². The number of nitrogens with zero attached hydrogens (tertiary/aromatic N) is 1. The highest BCUT2D eigenvalue weighted by Crippen LogP contribution is 2.59. The summed E-state index contributed by atoms with van der Waals surface area (Å²) in [5, 5.41) is 6.20. The van der Waals surface area contributed by atoms with Gasteiger partial charge in [0.05, 0.1) is 19.3 Å². The van der Waals surface area contributed by atoms with Crippen molar-refractivity contribution in [2.75, 3.05) is 38.6 Å². The number of methoxy groups -OCH3 is 1. The van der Waals surface area contributed by atoms with E-state index in [1.807, 2.05) is 19.1 Å². The van der Waals surface area contributed by atoms with Crippen molar-refractivity contribution in [3.63, 3.8) is 0 Å². The largest absolute Gasteiger partial charge is 0.495 e. The minimum atomic E-state index is -0.195. The third kappa shape index (κ3) is 3.79. The molecule has 136 valence electrons. The van der Waals surface area contributed by atoms with E-state index in [0.717, 1.165) is 32.4 Å². The molecule has 1 aliphatic heterocycles. The van der Waals surface area contributed by atoms with Gasteiger partial charge >= 0.3 is 0 Å². The number of rotatable bonds is 6. The summed E-state index contributed by atoms with van der Waals surface area (Å²) < 4.78 is 5.25. The lowest BCUT2D eigenvalue weighted by atomic mass is 9.91. The zero-order chi connectivity index (χ0) is 17.9. The molecule has 2 N–H and O–H groups in total. The lowest BCUT2D eigenvalue weighted by Crippen LogP contribution is -2.40. The Bertz CT molecular complexity index is 641. The van der Waals surface area contributed by atoms with Gasteiger partial charge in [0.25, 0.3) is 0 Å². The average molecular weight is 345 g/mol. The zero-order valence-electron chi connectivity index (χ0n) is 15.0. The summed E-state index contributed by atoms with van der Waals surface area (Å²) in [6, 6.07) is 7.27. The van der Waals surface area contributed by atoms with Crippen molar-refractivity contribution in [3.8, 4) is 5.75 Å². The average Bonchev–Trinajstić information content (AvgIpc) is 3.33. The number of ether oxygens (including phenoxy) is 1. The molecule has 1 aromatic carbocycles. The predicted molar refractivity (Wildman–Crippen MR) is 96.5 cm³/mol. The molecular formula is C19H27N3O3. The van der Waals surface area contributed by atoms with Crippen LogP contribution in [0, 0.1) is 11.3 Å². The van der Waals surface area contributed by atoms with Crippen molar-refractivity contribution < 1.29 is 14.3 Å². The van der Waals surface area contributed by atoms with E-state index in [-0.39, 0.29) is 29.7 Å². The number of benzene rings is 1. The quantitative estimate of drug-likeness (QED) is 0.826. The first-order chi connectivity index (χ1) is 12.1. The monoisotopic (exact) mass is 345 g/mol. The maximum absolute atomic E-state index is 12.8. The van der Waals surface area contributed by atoms with Crippen molar-refractivity contribution in [2.45, 2.75) is 26.2 Å². The third-order valence-corrected chi connectivity index (χ3v) is 5.50. The molecule has 1 spiro atoms. The summed E-state index contributed by atoms with van der Waals surface area (Å²) in [5.41, 5.74) is 0.814. The van der Waals surface area contributed by atoms with E-state index in [9.17, 15) is 9.59 Å². The fourth-order valence-electron chi connectivity index (χ4n) is 3.85. The van der Waals surface area contributed by atoms with Crippen LogP contribution in [0.25, 0.3) is 0 Å². The first-order valence-electron chi connectivity index (χ1n) is 9.02. The predicted octanol–water partition coefficient (Wildman–Crippen LogP) is 1.87. The second-order valence-corrected chi connectivity index (χ2v) is 6.97. The summed E-state index contributed by atoms with van der Waals surface area (Å²) in [6.07, 6.45) is 3.10. The lowest BCUT2D eigenvalue weighted by molar-refractivity contribution is -0.136. The van der Waals surface area contributed by atoms with E-state index >= 15 is 0 Å². The SMILES string of the molecule is CCN(CC(=O)Nc1ccccc1OC)C(=O)C1CC12CCNCC2. The summed E-state index contributed by atoms with van der Waals surface area (Å²) >= 11 is 0. The number of carbonyl (C=O) groups is 2. The van der Waals surface area contributed by atoms with Gasteiger partial charge in [0, 0.05) is 12.5 Å². The Morgan fingerprint density at radius 2 is 2.04 bits per heavy atom. The van der Waals surface area contributed by atoms with Gasteiger partial charge in [0.1, 0.15) is 5.75 Å². The number of hydrogen-bond donors (Lipinski definition) is 2. The molecule has 3 rings (SSSR count). The van der Waals surface area contributed by atoms with Crippen LogP contribution in [-0.4, -0.2) is 50.0 Å². The number of hydrogen-bond acceptors (Lipinski definition) is 4. The Kier molecular flexibility index (Phi) is 5.27. The van der Waals surface area contributed by atoms with E-state index in [2.05, 4.69) is 10.6 Å². The van der Waals surface area contributed by atoms with E-state index in [0.29, 0.717) is 18.0 Å². The fraction of sp³-hybridized carbons (Fsp3) is 0.579. The smallest absolute Gasteiger partial charge is 0.244 e. The Hall–Kier alpha value is -2.08. The Balaban J connectivity index is 1.58. The van der Waals surface area contributed by atoms with E-state index in [1.54, 1.807) is 24.1 Å². The molecule has 0 aromatic heterocycles. The summed E-state index contributed by atoms with van der Waals surface area (Å²) in [6.45, 7) is 4.53. The summed E-state index contributed by atoms with van der Waals surface area (Å²) in [5.74, 6) is 0.633. The lowest BCUT2D eigenvalue weighted by Gasteiger charge is -2.26. The van der Waals surface area contributed by atoms with Crippen LogP contribution in [0.15, 0.2) is 24.3 Å². The topological polar surface area (TPSA) is 70.7 Å². The van der Waals surface area contributed by atoms with Crippen molar-refractivity contribution >= 4 is 17.5 Å². The number of para-hydroxylation sites is 2. The van der Waals surface area contributed by atoms with Crippen molar-refractivity contribution in [1.29, 1.82) is 0 Å². The van der Waals surface area contributed by atoms with Crippen LogP contribution >= 0.6 is 0 Å². The fourth-order valence-corrected chi connectivity index (χ4v) is 3.85. The van der Waals surface area contributed by atoms with Gasteiger partial charge in [-0.25, -0.2) is 0 Å². The van der Waals surface area contributed by atoms with Crippen LogP contribution in [0.4, 0.5) is 5.69 Å². The highest BCUT2D eigenvalue weighted by atomic mass is 16.5. The first kappa shape index (κ1) is 17.7. The van der Waals surface area contributed by atoms with E-state index < -0.39 is 0 Å². The molecule has 1 aromatic rings. The summed E-state index contributed by atoms with van der Waals surface area (Å²) in [7, 11) is 1.57. The number of likely N-dealkylation sites (N-methyl/N-ethyl adjacent to an activating group) is 1. The molecule has 1 aliphatic carbocycles. The Labute approximate surface area is 148 Å². The minimum absolute atomic E-state index is 0.0816. The maximum Gasteiger partial charge on any atom is 0.244 e. The van der Waals surface area contributed by atoms with E-state index in [4.69, 9.17) is 4.74 Å². The number of piperidine rings is 1. The van der Waals surface area contributed by atoms with Gasteiger partial charge in [-0.15, -0.1) is 0 Å². The van der Waals surface area contributed by atoms with Crippen molar-refractivity contribution in [1.82, 2.24) is 10.2 Å². The summed E-state index contributed by atoms with van der Waals surface area (Å²) in [4.78, 5) is 26.9. The first-order valence-corrected chi connectivity index (χ1v) is 9.02. The molecule has 1 unspecified atom stereocenters. The number of anilines is 1. The highest BCUT2D eigenvalue weighted by molar-refractivity contribution is 5.96. The molecule has 6 nitrogen and oxygen atoms in total. The van der Waals surface area contributed by atoms with Gasteiger partial charge in [-0.3, -0.25) is 9.59 Å². The Morgan fingerprint density at radius 1 is 1.32 bits per heavy atom. The van der Waals surface area contributed by atoms with Crippen molar-refractivity contribution in [2.24, 2.45) is 11.3 Å². The Morgan fingerprint density at radius 3 is 2.72 bits per heavy atom. The molecule has 6 heteroatoms. The second kappa shape index (κ2) is 7.44. The van der Waals surface area contributed by atoms with Gasteiger partial charge in [-0.1, -0.05) is 12.1 Å². The third-order valence-electron chi connectivity index (χ3n) is 5.50. The second-order valence-electron chi connectivity index (χ2n) is 6.97. The van der Waals surface area contributed by atoms with Crippen molar-refractivity contribution in [3.05, 3.63) is 24.3 Å². The number of carbonyl (C=O) groups excluding carboxylic acids is 2. The molecule has 2 amide bonds. The standard InChI is InChI=1S/C19H27N3O3/c1-3-22(18(24)14-12-19(14)8-10-20-11-9-19)13-17(23)21-15-6-4-5-7-16(15)25-2/h4-7,14,20H,3,8-13H2,1-2H3,(H,21,23). The normalized spacial score (nSPS) is 20.8. The van der Waals surface area contributed by atoms with Gasteiger partial charge in [0.15, 0.2) is 0 Å². The molecule has 1 saturated carbocycles. The van der Waals surface area contributed by atoms with Gasteiger partial charge in [-0.2, -0.15) is 0 Å². The zero-order valence-corrected chi connectivity index (χ0v) is 15.0. The molecule has 1 heterocycles. The van der Waals surface area contributed by atoms with Crippen LogP contribution < -0.4 is 15.4 Å². The maximum atomic E-state index is 12.8. The molecule has 1 atom stereocenters. The molecule has 25 heavy (non-hydrogen) atoms. The minimum Gasteiger partial charge on any atom is -0.495 e. The number of nitrogens with one attached hydrogen (secondary N) is 2. The number of amides is 2. The van der Waals surface area contributed by atoms with Crippen LogP contribution in [0.3, 0.4) is 0 Å². The van der Waals surface area contributed by atoms with Crippen LogP contribution in [0.2, 0.25) is 0 Å². The van der Waals surface area contributed by atoms with Crippen LogP contribution in [0.5, 0.6) is 5.75 Å². The van der Waals surface area contributed by atoms with Gasteiger partial charge in [-0.05, 0) is 56.8 Å². The molecular weight excluding hydrogens is 318 g/mol. The van der Waals surface area contributed by atoms with Gasteiger partial charge < -0.3 is 20.3 Å². The highest BCUT2D eigenvalue weighted by Gasteiger charge is 2.58. The molecule has 2 fully saturated rings. The molecule has 0 bridgehead atoms. The molecule has 2 aliphatic rings. The van der Waals surface area contributed by atoms with E-state index in [1.165, 1.54) is 0 Å². The molecule has 0 radical (unpaired) electrons. The van der Waals surface area contributed by atoms with Crippen LogP contribution in [-0.2, 0) is 9.59 Å². The van der Waals surface area contributed by atoms with Crippen LogP contribution in [0.1, 0.15) is 26.2 Å². The molecule has 1 saturated heterocycles.